The van der Waals surface area contributed by atoms with Crippen LogP contribution in [-0.2, 0) is 0 Å². The van der Waals surface area contributed by atoms with Crippen LogP contribution in [0.15, 0.2) is 46.7 Å². The Morgan fingerprint density at radius 1 is 1.28 bits per heavy atom. The Kier molecular flexibility index (Phi) is 2.68. The molecule has 3 rings (SSSR count). The maximum atomic E-state index is 5.69. The van der Waals surface area contributed by atoms with Crippen LogP contribution in [0.5, 0.6) is 0 Å². The van der Waals surface area contributed by atoms with Crippen LogP contribution >= 0.6 is 11.8 Å². The number of aromatic amines is 1. The fraction of sp³-hybridized carbons (Fsp3) is 0.0769. The number of anilines is 1. The Labute approximate surface area is 109 Å². The zero-order valence-electron chi connectivity index (χ0n) is 9.84. The second-order valence-electron chi connectivity index (χ2n) is 4.05. The zero-order chi connectivity index (χ0) is 12.5. The van der Waals surface area contributed by atoms with E-state index in [1.165, 1.54) is 11.8 Å². The third kappa shape index (κ3) is 2.04. The van der Waals surface area contributed by atoms with Gasteiger partial charge in [-0.15, -0.1) is 0 Å². The Morgan fingerprint density at radius 3 is 2.89 bits per heavy atom. The number of H-pyrrole nitrogens is 1. The molecule has 0 amide bonds. The molecule has 0 unspecified atom stereocenters. The summed E-state index contributed by atoms with van der Waals surface area (Å²) >= 11 is 1.52. The van der Waals surface area contributed by atoms with Gasteiger partial charge in [0.25, 0.3) is 0 Å². The van der Waals surface area contributed by atoms with Gasteiger partial charge in [-0.1, -0.05) is 12.1 Å². The molecule has 18 heavy (non-hydrogen) atoms. The highest BCUT2D eigenvalue weighted by molar-refractivity contribution is 7.99. The van der Waals surface area contributed by atoms with E-state index in [2.05, 4.69) is 15.0 Å². The minimum absolute atomic E-state index is 0.682. The average Bonchev–Trinajstić information content (AvgIpc) is 2.75. The molecule has 2 aromatic heterocycles. The number of hydrogen-bond acceptors (Lipinski definition) is 4. The van der Waals surface area contributed by atoms with E-state index in [0.29, 0.717) is 5.69 Å². The van der Waals surface area contributed by atoms with Crippen LogP contribution in [-0.4, -0.2) is 15.0 Å². The van der Waals surface area contributed by atoms with Crippen molar-refractivity contribution >= 4 is 28.5 Å². The summed E-state index contributed by atoms with van der Waals surface area (Å²) < 4.78 is 0. The number of nitrogens with two attached hydrogens (primary N) is 1. The third-order valence-electron chi connectivity index (χ3n) is 2.61. The molecule has 3 aromatic rings. The molecule has 3 N–H and O–H groups in total. The molecule has 0 aliphatic rings. The van der Waals surface area contributed by atoms with E-state index in [4.69, 9.17) is 5.73 Å². The Bertz CT molecular complexity index is 672. The van der Waals surface area contributed by atoms with Crippen molar-refractivity contribution in [2.75, 3.05) is 5.73 Å². The maximum absolute atomic E-state index is 5.69. The minimum Gasteiger partial charge on any atom is -0.397 e. The predicted octanol–water partition coefficient (Wildman–Crippen LogP) is 3.00. The third-order valence-corrected chi connectivity index (χ3v) is 3.62. The number of rotatable bonds is 2. The molecule has 5 heteroatoms. The van der Waals surface area contributed by atoms with E-state index in [-0.39, 0.29) is 0 Å². The number of para-hydroxylation sites is 2. The van der Waals surface area contributed by atoms with Crippen LogP contribution in [0.2, 0.25) is 0 Å². The van der Waals surface area contributed by atoms with Gasteiger partial charge in [-0.25, -0.2) is 9.97 Å². The van der Waals surface area contributed by atoms with Gasteiger partial charge in [0.1, 0.15) is 5.03 Å². The van der Waals surface area contributed by atoms with Gasteiger partial charge in [0.05, 0.1) is 22.9 Å². The fourth-order valence-corrected chi connectivity index (χ4v) is 2.57. The normalized spacial score (nSPS) is 10.9. The topological polar surface area (TPSA) is 67.6 Å². The average molecular weight is 256 g/mol. The number of nitrogens with zero attached hydrogens (tertiary/aromatic N) is 2. The van der Waals surface area contributed by atoms with Crippen molar-refractivity contribution < 1.29 is 0 Å². The summed E-state index contributed by atoms with van der Waals surface area (Å²) in [5, 5.41) is 1.76. The summed E-state index contributed by atoms with van der Waals surface area (Å²) in [5.74, 6) is 0. The van der Waals surface area contributed by atoms with Gasteiger partial charge in [-0.2, -0.15) is 0 Å². The van der Waals surface area contributed by atoms with Crippen molar-refractivity contribution in [3.05, 3.63) is 42.1 Å². The van der Waals surface area contributed by atoms with Gasteiger partial charge < -0.3 is 10.7 Å². The Balaban J connectivity index is 1.96. The number of nitrogen functional groups attached to an aromatic ring is 1. The fourth-order valence-electron chi connectivity index (χ4n) is 1.76. The highest BCUT2D eigenvalue weighted by Gasteiger charge is 2.07. The quantitative estimate of drug-likeness (QED) is 0.739. The Morgan fingerprint density at radius 2 is 2.11 bits per heavy atom. The number of hydrogen-bond donors (Lipinski definition) is 2. The van der Waals surface area contributed by atoms with E-state index in [1.54, 1.807) is 6.20 Å². The molecule has 0 bridgehead atoms. The van der Waals surface area contributed by atoms with Gasteiger partial charge in [-0.3, -0.25) is 0 Å². The van der Waals surface area contributed by atoms with Crippen molar-refractivity contribution in [1.29, 1.82) is 0 Å². The number of aromatic nitrogens is 3. The molecule has 4 nitrogen and oxygen atoms in total. The SMILES string of the molecule is Cc1cc(N)cnc1Sc1nc2ccccc2[nH]1. The number of pyridine rings is 1. The first kappa shape index (κ1) is 11.1. The first-order chi connectivity index (χ1) is 8.72. The van der Waals surface area contributed by atoms with Crippen LogP contribution in [0.25, 0.3) is 11.0 Å². The van der Waals surface area contributed by atoms with Crippen molar-refractivity contribution in [2.24, 2.45) is 0 Å². The van der Waals surface area contributed by atoms with Gasteiger partial charge in [-0.05, 0) is 42.4 Å². The second-order valence-corrected chi connectivity index (χ2v) is 5.03. The molecule has 0 saturated carbocycles. The summed E-state index contributed by atoms with van der Waals surface area (Å²) in [7, 11) is 0. The largest absolute Gasteiger partial charge is 0.397 e. The number of fused-ring (bicyclic) bond motifs is 1. The molecule has 0 radical (unpaired) electrons. The summed E-state index contributed by atoms with van der Waals surface area (Å²) in [6.07, 6.45) is 1.66. The summed E-state index contributed by atoms with van der Waals surface area (Å²) in [5.41, 5.74) is 9.43. The molecule has 0 aliphatic heterocycles. The molecule has 0 fully saturated rings. The minimum atomic E-state index is 0.682. The molecule has 0 spiro atoms. The molecular weight excluding hydrogens is 244 g/mol. The number of imidazole rings is 1. The lowest BCUT2D eigenvalue weighted by Gasteiger charge is -2.02. The second kappa shape index (κ2) is 4.34. The van der Waals surface area contributed by atoms with Crippen LogP contribution in [0.3, 0.4) is 0 Å². The summed E-state index contributed by atoms with van der Waals surface area (Å²) in [6.45, 7) is 1.99. The van der Waals surface area contributed by atoms with Gasteiger partial charge >= 0.3 is 0 Å². The van der Waals surface area contributed by atoms with Crippen LogP contribution in [0.1, 0.15) is 5.56 Å². The highest BCUT2D eigenvalue weighted by Crippen LogP contribution is 2.28. The molecule has 0 atom stereocenters. The molecule has 2 heterocycles. The molecule has 0 saturated heterocycles. The van der Waals surface area contributed by atoms with Crippen molar-refractivity contribution in [1.82, 2.24) is 15.0 Å². The number of benzene rings is 1. The van der Waals surface area contributed by atoms with Crippen molar-refractivity contribution in [3.8, 4) is 0 Å². The smallest absolute Gasteiger partial charge is 0.172 e. The van der Waals surface area contributed by atoms with Crippen LogP contribution < -0.4 is 5.73 Å². The van der Waals surface area contributed by atoms with E-state index in [0.717, 1.165) is 26.8 Å². The van der Waals surface area contributed by atoms with E-state index >= 15 is 0 Å². The summed E-state index contributed by atoms with van der Waals surface area (Å²) in [6, 6.07) is 9.87. The zero-order valence-corrected chi connectivity index (χ0v) is 10.7. The molecule has 1 aromatic carbocycles. The number of aryl methyl sites for hydroxylation is 1. The van der Waals surface area contributed by atoms with Crippen LogP contribution in [0.4, 0.5) is 5.69 Å². The standard InChI is InChI=1S/C13H12N4S/c1-8-6-9(14)7-15-12(8)18-13-16-10-4-2-3-5-11(10)17-13/h2-7H,14H2,1H3,(H,16,17). The van der Waals surface area contributed by atoms with Gasteiger partial charge in [0.15, 0.2) is 5.16 Å². The monoisotopic (exact) mass is 256 g/mol. The number of nitrogens with one attached hydrogen (secondary N) is 1. The lowest BCUT2D eigenvalue weighted by Crippen LogP contribution is -1.91. The van der Waals surface area contributed by atoms with E-state index in [1.807, 2.05) is 37.3 Å². The van der Waals surface area contributed by atoms with Gasteiger partial charge in [0.2, 0.25) is 0 Å². The van der Waals surface area contributed by atoms with Crippen LogP contribution in [0, 0.1) is 6.92 Å². The molecular formula is C13H12N4S. The van der Waals surface area contributed by atoms with Gasteiger partial charge in [0, 0.05) is 0 Å². The maximum Gasteiger partial charge on any atom is 0.172 e. The first-order valence-corrected chi connectivity index (χ1v) is 6.39. The predicted molar refractivity (Wildman–Crippen MR) is 73.6 cm³/mol. The Hall–Kier alpha value is -2.01. The summed E-state index contributed by atoms with van der Waals surface area (Å²) in [4.78, 5) is 12.1. The molecule has 90 valence electrons. The van der Waals surface area contributed by atoms with Crippen molar-refractivity contribution in [3.63, 3.8) is 0 Å². The lowest BCUT2D eigenvalue weighted by atomic mass is 10.3. The first-order valence-electron chi connectivity index (χ1n) is 5.57. The van der Waals surface area contributed by atoms with E-state index in [9.17, 15) is 0 Å². The lowest BCUT2D eigenvalue weighted by molar-refractivity contribution is 1.04. The van der Waals surface area contributed by atoms with Crippen molar-refractivity contribution in [2.45, 2.75) is 17.1 Å². The molecule has 0 aliphatic carbocycles. The van der Waals surface area contributed by atoms with E-state index < -0.39 is 0 Å². The highest BCUT2D eigenvalue weighted by atomic mass is 32.2.